The summed E-state index contributed by atoms with van der Waals surface area (Å²) in [6.45, 7) is 0. The van der Waals surface area contributed by atoms with Gasteiger partial charge in [0.25, 0.3) is 10.3 Å². The fourth-order valence-electron chi connectivity index (χ4n) is 1.73. The normalized spacial score (nSPS) is 32.5. The zero-order chi connectivity index (χ0) is 15.0. The molecule has 2 rings (SSSR count). The van der Waals surface area contributed by atoms with Gasteiger partial charge in [0, 0.05) is 0 Å². The van der Waals surface area contributed by atoms with Crippen LogP contribution < -0.4 is 0 Å². The summed E-state index contributed by atoms with van der Waals surface area (Å²) in [5.41, 5.74) is -4.40. The smallest absolute Gasteiger partial charge is 0.214 e. The summed E-state index contributed by atoms with van der Waals surface area (Å²) < 4.78 is 106. The summed E-state index contributed by atoms with van der Waals surface area (Å²) in [5.74, 6) is -15.7. The second-order valence-electron chi connectivity index (χ2n) is 3.73. The molecule has 0 bridgehead atoms. The first-order valence-electron chi connectivity index (χ1n) is 4.39. The summed E-state index contributed by atoms with van der Waals surface area (Å²) in [4.78, 5) is 0. The van der Waals surface area contributed by atoms with Crippen LogP contribution in [0.5, 0.6) is 0 Å². The second-order valence-corrected chi connectivity index (χ2v) is 4.77. The van der Waals surface area contributed by atoms with Gasteiger partial charge in [-0.25, -0.2) is 26.3 Å². The van der Waals surface area contributed by atoms with Crippen LogP contribution >= 0.6 is 23.2 Å². The predicted molar refractivity (Wildman–Crippen MR) is 48.5 cm³/mol. The molecule has 0 radical (unpaired) electrons. The third-order valence-electron chi connectivity index (χ3n) is 2.68. The first-order valence-corrected chi connectivity index (χ1v) is 5.15. The molecule has 19 heavy (non-hydrogen) atoms. The van der Waals surface area contributed by atoms with Gasteiger partial charge in [0.1, 0.15) is 0 Å². The van der Waals surface area contributed by atoms with E-state index in [0.717, 1.165) is 0 Å². The molecule has 0 aliphatic heterocycles. The Hall–Kier alpha value is -0.760. The highest BCUT2D eigenvalue weighted by atomic mass is 35.5. The standard InChI is InChI=1S/C9Cl2F8/c10-7(16)1-2(8(11,17)9(7,18)19)4(13)6(15)5(14)3(1)12. The Kier molecular flexibility index (Phi) is 2.82. The summed E-state index contributed by atoms with van der Waals surface area (Å²) in [6.07, 6.45) is 0. The quantitative estimate of drug-likeness (QED) is 0.282. The van der Waals surface area contributed by atoms with E-state index in [0.29, 0.717) is 0 Å². The van der Waals surface area contributed by atoms with E-state index in [1.165, 1.54) is 0 Å². The largest absolute Gasteiger partial charge is 0.350 e. The van der Waals surface area contributed by atoms with E-state index in [-0.39, 0.29) is 0 Å². The minimum absolute atomic E-state index is 2.20. The Labute approximate surface area is 109 Å². The molecule has 106 valence electrons. The maximum atomic E-state index is 13.6. The van der Waals surface area contributed by atoms with Crippen LogP contribution in [0.25, 0.3) is 0 Å². The van der Waals surface area contributed by atoms with E-state index in [1.54, 1.807) is 0 Å². The molecule has 1 aromatic rings. The van der Waals surface area contributed by atoms with Crippen LogP contribution in [0.15, 0.2) is 0 Å². The number of hydrogen-bond acceptors (Lipinski definition) is 0. The average molecular weight is 331 g/mol. The molecule has 2 unspecified atom stereocenters. The molecule has 0 fully saturated rings. The fourth-order valence-corrected chi connectivity index (χ4v) is 2.40. The Balaban J connectivity index is 3.02. The number of fused-ring (bicyclic) bond motifs is 1. The van der Waals surface area contributed by atoms with Crippen LogP contribution in [-0.4, -0.2) is 5.92 Å². The fraction of sp³-hybridized carbons (Fsp3) is 0.333. The summed E-state index contributed by atoms with van der Waals surface area (Å²) in [5, 5.41) is -9.34. The van der Waals surface area contributed by atoms with Crippen LogP contribution in [0.2, 0.25) is 0 Å². The van der Waals surface area contributed by atoms with E-state index in [2.05, 4.69) is 23.2 Å². The number of benzene rings is 1. The molecule has 10 heteroatoms. The maximum Gasteiger partial charge on any atom is 0.350 e. The lowest BCUT2D eigenvalue weighted by molar-refractivity contribution is -0.154. The molecule has 0 saturated carbocycles. The Morgan fingerprint density at radius 3 is 1.11 bits per heavy atom. The topological polar surface area (TPSA) is 0 Å². The van der Waals surface area contributed by atoms with Gasteiger partial charge in [0.05, 0.1) is 11.1 Å². The first kappa shape index (κ1) is 14.6. The minimum Gasteiger partial charge on any atom is -0.214 e. The monoisotopic (exact) mass is 330 g/mol. The van der Waals surface area contributed by atoms with Gasteiger partial charge in [-0.15, -0.1) is 0 Å². The van der Waals surface area contributed by atoms with E-state index in [1.807, 2.05) is 0 Å². The summed E-state index contributed by atoms with van der Waals surface area (Å²) in [7, 11) is 0. The van der Waals surface area contributed by atoms with E-state index in [9.17, 15) is 35.1 Å². The van der Waals surface area contributed by atoms with Gasteiger partial charge in [-0.1, -0.05) is 23.2 Å². The van der Waals surface area contributed by atoms with Crippen molar-refractivity contribution in [2.75, 3.05) is 0 Å². The highest BCUT2D eigenvalue weighted by molar-refractivity contribution is 6.29. The summed E-state index contributed by atoms with van der Waals surface area (Å²) >= 11 is 9.28. The average Bonchev–Trinajstić information content (AvgIpc) is 2.39. The van der Waals surface area contributed by atoms with Gasteiger partial charge in [0.2, 0.25) is 0 Å². The van der Waals surface area contributed by atoms with Gasteiger partial charge < -0.3 is 0 Å². The van der Waals surface area contributed by atoms with Crippen molar-refractivity contribution in [1.29, 1.82) is 0 Å². The van der Waals surface area contributed by atoms with Crippen molar-refractivity contribution in [2.24, 2.45) is 0 Å². The van der Waals surface area contributed by atoms with Crippen molar-refractivity contribution in [1.82, 2.24) is 0 Å². The Morgan fingerprint density at radius 1 is 0.579 bits per heavy atom. The molecule has 0 nitrogen and oxygen atoms in total. The van der Waals surface area contributed by atoms with Gasteiger partial charge in [-0.3, -0.25) is 0 Å². The van der Waals surface area contributed by atoms with E-state index < -0.39 is 50.6 Å². The third kappa shape index (κ3) is 1.41. The van der Waals surface area contributed by atoms with Crippen LogP contribution in [0.1, 0.15) is 11.1 Å². The molecule has 0 heterocycles. The molecule has 0 aromatic heterocycles. The minimum atomic E-state index is -5.35. The van der Waals surface area contributed by atoms with Gasteiger partial charge in [0.15, 0.2) is 23.3 Å². The maximum absolute atomic E-state index is 13.6. The number of hydrogen-bond donors (Lipinski definition) is 0. The van der Waals surface area contributed by atoms with Crippen molar-refractivity contribution in [3.05, 3.63) is 34.4 Å². The Bertz CT molecular complexity index is 531. The van der Waals surface area contributed by atoms with Crippen molar-refractivity contribution < 1.29 is 35.1 Å². The van der Waals surface area contributed by atoms with Crippen LogP contribution in [0.3, 0.4) is 0 Å². The molecule has 0 amide bonds. The van der Waals surface area contributed by atoms with E-state index in [4.69, 9.17) is 0 Å². The van der Waals surface area contributed by atoms with Gasteiger partial charge in [-0.2, -0.15) is 8.78 Å². The van der Waals surface area contributed by atoms with Crippen LogP contribution in [0.4, 0.5) is 35.1 Å². The number of rotatable bonds is 0. The van der Waals surface area contributed by atoms with Crippen LogP contribution in [0, 0.1) is 23.3 Å². The lowest BCUT2D eigenvalue weighted by atomic mass is 10.1. The van der Waals surface area contributed by atoms with Crippen molar-refractivity contribution >= 4 is 23.2 Å². The summed E-state index contributed by atoms with van der Waals surface area (Å²) in [6, 6.07) is 0. The van der Waals surface area contributed by atoms with Crippen molar-refractivity contribution in [3.63, 3.8) is 0 Å². The molecule has 1 aliphatic carbocycles. The van der Waals surface area contributed by atoms with Crippen LogP contribution in [-0.2, 0) is 10.3 Å². The lowest BCUT2D eigenvalue weighted by Gasteiger charge is -2.25. The predicted octanol–water partition coefficient (Wildman–Crippen LogP) is 4.61. The second kappa shape index (κ2) is 3.66. The molecular formula is C9Cl2F8. The van der Waals surface area contributed by atoms with E-state index >= 15 is 0 Å². The lowest BCUT2D eigenvalue weighted by Crippen LogP contribution is -2.42. The molecule has 2 atom stereocenters. The zero-order valence-corrected chi connectivity index (χ0v) is 9.79. The highest BCUT2D eigenvalue weighted by Gasteiger charge is 2.78. The SMILES string of the molecule is Fc1c(F)c(F)c2c(c1F)C(F)(Cl)C(F)(F)C2(F)Cl. The van der Waals surface area contributed by atoms with Gasteiger partial charge in [-0.05, 0) is 0 Å². The van der Waals surface area contributed by atoms with Crippen molar-refractivity contribution in [3.8, 4) is 0 Å². The molecular weight excluding hydrogens is 331 g/mol. The molecule has 0 saturated heterocycles. The first-order chi connectivity index (χ1) is 8.39. The molecule has 1 aromatic carbocycles. The molecule has 0 spiro atoms. The Morgan fingerprint density at radius 2 is 0.842 bits per heavy atom. The third-order valence-corrected chi connectivity index (χ3v) is 3.54. The van der Waals surface area contributed by atoms with Gasteiger partial charge >= 0.3 is 5.92 Å². The highest BCUT2D eigenvalue weighted by Crippen LogP contribution is 2.66. The number of alkyl halides is 6. The number of halogens is 10. The zero-order valence-electron chi connectivity index (χ0n) is 8.28. The van der Waals surface area contributed by atoms with Crippen molar-refractivity contribution in [2.45, 2.75) is 16.2 Å². The molecule has 1 aliphatic rings. The molecule has 0 N–H and O–H groups in total.